The smallest absolute Gasteiger partial charge is 0.249 e. The fraction of sp³-hybridized carbons (Fsp3) is 0.857. The van der Waals surface area contributed by atoms with Crippen molar-refractivity contribution >= 4 is 11.8 Å². The summed E-state index contributed by atoms with van der Waals surface area (Å²) in [6.07, 6.45) is 5.40. The van der Waals surface area contributed by atoms with E-state index in [1.54, 1.807) is 4.90 Å². The Morgan fingerprint density at radius 1 is 1.32 bits per heavy atom. The molecule has 1 saturated carbocycles. The third-order valence-corrected chi connectivity index (χ3v) is 4.34. The lowest BCUT2D eigenvalue weighted by Crippen LogP contribution is -2.70. The summed E-state index contributed by atoms with van der Waals surface area (Å²) in [5, 5.41) is 2.97. The zero-order valence-corrected chi connectivity index (χ0v) is 11.6. The number of amides is 2. The first-order valence-corrected chi connectivity index (χ1v) is 7.33. The third-order valence-electron chi connectivity index (χ3n) is 4.34. The van der Waals surface area contributed by atoms with Crippen LogP contribution in [-0.2, 0) is 9.59 Å². The van der Waals surface area contributed by atoms with Gasteiger partial charge in [-0.15, -0.1) is 0 Å². The van der Waals surface area contributed by atoms with Crippen LogP contribution in [0.25, 0.3) is 0 Å². The fourth-order valence-corrected chi connectivity index (χ4v) is 3.32. The summed E-state index contributed by atoms with van der Waals surface area (Å²) in [5.41, 5.74) is -0.697. The molecule has 2 rings (SSSR count). The van der Waals surface area contributed by atoms with E-state index in [4.69, 9.17) is 0 Å². The first kappa shape index (κ1) is 14.3. The molecule has 1 atom stereocenters. The average Bonchev–Trinajstić information content (AvgIpc) is 2.42. The summed E-state index contributed by atoms with van der Waals surface area (Å²) in [6.45, 7) is 1.79. The molecule has 1 heterocycles. The van der Waals surface area contributed by atoms with Crippen LogP contribution in [0.4, 0.5) is 4.39 Å². The number of alkyl halides is 1. The summed E-state index contributed by atoms with van der Waals surface area (Å²) in [7, 11) is 0. The molecule has 1 N–H and O–H groups in total. The van der Waals surface area contributed by atoms with Crippen molar-refractivity contribution < 1.29 is 14.0 Å². The van der Waals surface area contributed by atoms with Gasteiger partial charge in [0, 0.05) is 6.54 Å². The summed E-state index contributed by atoms with van der Waals surface area (Å²) < 4.78 is 12.4. The van der Waals surface area contributed by atoms with Crippen LogP contribution in [-0.4, -0.2) is 41.5 Å². The van der Waals surface area contributed by atoms with Gasteiger partial charge in [-0.2, -0.15) is 0 Å². The molecule has 2 amide bonds. The normalized spacial score (nSPS) is 26.6. The molecule has 1 aliphatic carbocycles. The SMILES string of the molecule is CCC1C(=O)NC2(CCCCC2)C(=O)N1CCCF. The van der Waals surface area contributed by atoms with Gasteiger partial charge in [-0.3, -0.25) is 14.0 Å². The molecule has 1 unspecified atom stereocenters. The number of rotatable bonds is 4. The van der Waals surface area contributed by atoms with Crippen molar-refractivity contribution in [2.24, 2.45) is 0 Å². The van der Waals surface area contributed by atoms with E-state index < -0.39 is 18.3 Å². The maximum Gasteiger partial charge on any atom is 0.249 e. The molecule has 0 aromatic carbocycles. The second-order valence-electron chi connectivity index (χ2n) is 5.60. The Morgan fingerprint density at radius 2 is 2.00 bits per heavy atom. The molecular formula is C14H23FN2O2. The molecule has 19 heavy (non-hydrogen) atoms. The topological polar surface area (TPSA) is 49.4 Å². The quantitative estimate of drug-likeness (QED) is 0.846. The lowest BCUT2D eigenvalue weighted by Gasteiger charge is -2.47. The number of hydrogen-bond acceptors (Lipinski definition) is 2. The van der Waals surface area contributed by atoms with E-state index in [1.165, 1.54) is 0 Å². The Balaban J connectivity index is 2.21. The van der Waals surface area contributed by atoms with E-state index >= 15 is 0 Å². The van der Waals surface area contributed by atoms with Gasteiger partial charge in [0.05, 0.1) is 6.67 Å². The molecule has 108 valence electrons. The largest absolute Gasteiger partial charge is 0.340 e. The first-order chi connectivity index (χ1) is 9.14. The van der Waals surface area contributed by atoms with Gasteiger partial charge >= 0.3 is 0 Å². The van der Waals surface area contributed by atoms with E-state index in [1.807, 2.05) is 6.92 Å². The van der Waals surface area contributed by atoms with Gasteiger partial charge in [-0.05, 0) is 25.7 Å². The Morgan fingerprint density at radius 3 is 2.58 bits per heavy atom. The molecule has 2 fully saturated rings. The van der Waals surface area contributed by atoms with Crippen LogP contribution in [0.5, 0.6) is 0 Å². The first-order valence-electron chi connectivity index (χ1n) is 7.33. The maximum atomic E-state index is 12.7. The van der Waals surface area contributed by atoms with Crippen molar-refractivity contribution in [3.05, 3.63) is 0 Å². The molecule has 1 spiro atoms. The predicted octanol–water partition coefficient (Wildman–Crippen LogP) is 1.79. The molecule has 0 radical (unpaired) electrons. The lowest BCUT2D eigenvalue weighted by molar-refractivity contribution is -0.157. The zero-order valence-electron chi connectivity index (χ0n) is 11.6. The van der Waals surface area contributed by atoms with Crippen LogP contribution in [0.3, 0.4) is 0 Å². The maximum absolute atomic E-state index is 12.7. The van der Waals surface area contributed by atoms with E-state index in [0.29, 0.717) is 19.4 Å². The summed E-state index contributed by atoms with van der Waals surface area (Å²) >= 11 is 0. The summed E-state index contributed by atoms with van der Waals surface area (Å²) in [6, 6.07) is -0.424. The number of carbonyl (C=O) groups excluding carboxylic acids is 2. The average molecular weight is 270 g/mol. The fourth-order valence-electron chi connectivity index (χ4n) is 3.32. The molecule has 1 aliphatic heterocycles. The Hall–Kier alpha value is -1.13. The molecule has 0 aromatic heterocycles. The minimum absolute atomic E-state index is 0.00657. The minimum Gasteiger partial charge on any atom is -0.340 e. The van der Waals surface area contributed by atoms with Gasteiger partial charge in [0.25, 0.3) is 0 Å². The van der Waals surface area contributed by atoms with E-state index in [2.05, 4.69) is 5.32 Å². The van der Waals surface area contributed by atoms with Crippen molar-refractivity contribution in [3.63, 3.8) is 0 Å². The second-order valence-corrected chi connectivity index (χ2v) is 5.60. The van der Waals surface area contributed by atoms with E-state index in [9.17, 15) is 14.0 Å². The molecule has 1 saturated heterocycles. The molecule has 2 aliphatic rings. The second kappa shape index (κ2) is 5.88. The molecule has 5 heteroatoms. The number of nitrogens with zero attached hydrogens (tertiary/aromatic N) is 1. The monoisotopic (exact) mass is 270 g/mol. The summed E-state index contributed by atoms with van der Waals surface area (Å²) in [4.78, 5) is 26.5. The zero-order chi connectivity index (χ0) is 13.9. The van der Waals surface area contributed by atoms with Gasteiger partial charge in [0.15, 0.2) is 0 Å². The number of piperazine rings is 1. The van der Waals surface area contributed by atoms with Crippen LogP contribution in [0.15, 0.2) is 0 Å². The highest BCUT2D eigenvalue weighted by Crippen LogP contribution is 2.33. The molecular weight excluding hydrogens is 247 g/mol. The highest BCUT2D eigenvalue weighted by Gasteiger charge is 2.50. The summed E-state index contributed by atoms with van der Waals surface area (Å²) in [5.74, 6) is -0.0602. The van der Waals surface area contributed by atoms with Gasteiger partial charge in [0.2, 0.25) is 11.8 Å². The van der Waals surface area contributed by atoms with Crippen molar-refractivity contribution in [1.82, 2.24) is 10.2 Å². The highest BCUT2D eigenvalue weighted by molar-refractivity contribution is 5.99. The van der Waals surface area contributed by atoms with Crippen LogP contribution in [0, 0.1) is 0 Å². The molecule has 0 aromatic rings. The van der Waals surface area contributed by atoms with Crippen molar-refractivity contribution in [2.45, 2.75) is 63.5 Å². The van der Waals surface area contributed by atoms with Crippen molar-refractivity contribution in [1.29, 1.82) is 0 Å². The minimum atomic E-state index is -0.697. The molecule has 0 bridgehead atoms. The number of halogens is 1. The van der Waals surface area contributed by atoms with Gasteiger partial charge < -0.3 is 10.2 Å². The van der Waals surface area contributed by atoms with Gasteiger partial charge in [-0.25, -0.2) is 0 Å². The number of nitrogens with one attached hydrogen (secondary N) is 1. The van der Waals surface area contributed by atoms with Crippen LogP contribution in [0.2, 0.25) is 0 Å². The standard InChI is InChI=1S/C14H23FN2O2/c1-2-11-12(18)16-14(7-4-3-5-8-14)13(19)17(11)10-6-9-15/h11H,2-10H2,1H3,(H,16,18). The third kappa shape index (κ3) is 2.60. The van der Waals surface area contributed by atoms with Crippen LogP contribution < -0.4 is 5.32 Å². The number of carbonyl (C=O) groups is 2. The molecule has 4 nitrogen and oxygen atoms in total. The van der Waals surface area contributed by atoms with E-state index in [-0.39, 0.29) is 11.8 Å². The van der Waals surface area contributed by atoms with Crippen molar-refractivity contribution in [2.75, 3.05) is 13.2 Å². The lowest BCUT2D eigenvalue weighted by atomic mass is 9.78. The van der Waals surface area contributed by atoms with Gasteiger partial charge in [-0.1, -0.05) is 26.2 Å². The number of hydrogen-bond donors (Lipinski definition) is 1. The van der Waals surface area contributed by atoms with E-state index in [0.717, 1.165) is 32.1 Å². The van der Waals surface area contributed by atoms with Gasteiger partial charge in [0.1, 0.15) is 11.6 Å². The predicted molar refractivity (Wildman–Crippen MR) is 70.3 cm³/mol. The van der Waals surface area contributed by atoms with Crippen LogP contribution >= 0.6 is 0 Å². The highest BCUT2D eigenvalue weighted by atomic mass is 19.1. The Kier molecular flexibility index (Phi) is 4.42. The Labute approximate surface area is 113 Å². The van der Waals surface area contributed by atoms with Crippen molar-refractivity contribution in [3.8, 4) is 0 Å². The Bertz CT molecular complexity index is 353. The van der Waals surface area contributed by atoms with Crippen LogP contribution in [0.1, 0.15) is 51.9 Å².